The Hall–Kier alpha value is -1.30. The van der Waals surface area contributed by atoms with Crippen LogP contribution in [0.25, 0.3) is 0 Å². The number of aliphatic hydroxyl groups is 1. The number of carbonyl (C=O) groups is 2. The first-order valence-electron chi connectivity index (χ1n) is 4.87. The molecule has 2 unspecified atom stereocenters. The molecule has 6 nitrogen and oxygen atoms in total. The minimum absolute atomic E-state index is 0.120. The van der Waals surface area contributed by atoms with Crippen LogP contribution >= 0.6 is 0 Å². The molecule has 1 fully saturated rings. The van der Waals surface area contributed by atoms with Crippen molar-refractivity contribution >= 4 is 12.1 Å². The van der Waals surface area contributed by atoms with Gasteiger partial charge in [0.05, 0.1) is 18.6 Å². The van der Waals surface area contributed by atoms with Gasteiger partial charge in [-0.15, -0.1) is 0 Å². The zero-order chi connectivity index (χ0) is 11.6. The lowest BCUT2D eigenvalue weighted by Crippen LogP contribution is -2.53. The Labute approximate surface area is 87.1 Å². The van der Waals surface area contributed by atoms with Gasteiger partial charge in [0.15, 0.2) is 0 Å². The van der Waals surface area contributed by atoms with E-state index in [1.807, 2.05) is 0 Å². The summed E-state index contributed by atoms with van der Waals surface area (Å²) in [6.07, 6.45) is -1.48. The van der Waals surface area contributed by atoms with Crippen molar-refractivity contribution in [2.75, 3.05) is 6.54 Å². The van der Waals surface area contributed by atoms with Crippen molar-refractivity contribution in [3.8, 4) is 0 Å². The third-order valence-corrected chi connectivity index (χ3v) is 2.85. The summed E-state index contributed by atoms with van der Waals surface area (Å²) in [6, 6.07) is -0.313. The van der Waals surface area contributed by atoms with Gasteiger partial charge >= 0.3 is 12.1 Å². The highest BCUT2D eigenvalue weighted by atomic mass is 16.4. The number of nitrogens with zero attached hydrogens (tertiary/aromatic N) is 1. The molecule has 86 valence electrons. The second-order valence-corrected chi connectivity index (χ2v) is 3.74. The maximum Gasteiger partial charge on any atom is 0.407 e. The fraction of sp³-hybridized carbons (Fsp3) is 0.778. The average Bonchev–Trinajstić information content (AvgIpc) is 2.16. The first kappa shape index (κ1) is 11.8. The molecular formula is C9H15NO5. The highest BCUT2D eigenvalue weighted by Crippen LogP contribution is 2.25. The van der Waals surface area contributed by atoms with Crippen molar-refractivity contribution in [3.63, 3.8) is 0 Å². The molecule has 0 radical (unpaired) electrons. The summed E-state index contributed by atoms with van der Waals surface area (Å²) in [4.78, 5) is 22.7. The Morgan fingerprint density at radius 3 is 2.40 bits per heavy atom. The number of aliphatic hydroxyl groups excluding tert-OH is 1. The molecule has 0 aromatic rings. The molecule has 0 saturated carbocycles. The van der Waals surface area contributed by atoms with Crippen LogP contribution in [0.1, 0.15) is 19.8 Å². The van der Waals surface area contributed by atoms with Crippen LogP contribution in [0.15, 0.2) is 0 Å². The number of amides is 1. The predicted octanol–water partition coefficient (Wildman–Crippen LogP) is 0.210. The topological polar surface area (TPSA) is 98.1 Å². The molecule has 1 amide bonds. The zero-order valence-electron chi connectivity index (χ0n) is 8.46. The summed E-state index contributed by atoms with van der Waals surface area (Å²) in [7, 11) is 0. The summed E-state index contributed by atoms with van der Waals surface area (Å²) >= 11 is 0. The first-order valence-corrected chi connectivity index (χ1v) is 4.87. The van der Waals surface area contributed by atoms with Crippen molar-refractivity contribution < 1.29 is 24.9 Å². The number of β-amino-alcohol motifs (C(OH)–C–C–N with tert-alkyl or cyclic N) is 1. The summed E-state index contributed by atoms with van der Waals surface area (Å²) in [6.45, 7) is 1.68. The van der Waals surface area contributed by atoms with Gasteiger partial charge in [0.2, 0.25) is 0 Å². The Bertz CT molecular complexity index is 267. The van der Waals surface area contributed by atoms with Crippen molar-refractivity contribution in [2.45, 2.75) is 31.9 Å². The number of carboxylic acids is 1. The van der Waals surface area contributed by atoms with E-state index in [0.717, 1.165) is 4.90 Å². The Morgan fingerprint density at radius 1 is 1.40 bits per heavy atom. The lowest BCUT2D eigenvalue weighted by Gasteiger charge is -2.38. The van der Waals surface area contributed by atoms with E-state index in [-0.39, 0.29) is 19.0 Å². The third-order valence-electron chi connectivity index (χ3n) is 2.85. The largest absolute Gasteiger partial charge is 0.481 e. The number of carboxylic acid groups (broad SMARTS) is 2. The highest BCUT2D eigenvalue weighted by molar-refractivity contribution is 5.72. The van der Waals surface area contributed by atoms with Gasteiger partial charge in [0.1, 0.15) is 0 Å². The summed E-state index contributed by atoms with van der Waals surface area (Å²) in [5.74, 6) is -1.92. The lowest BCUT2D eigenvalue weighted by molar-refractivity contribution is -0.149. The number of likely N-dealkylation sites (tertiary alicyclic amines) is 1. The summed E-state index contributed by atoms with van der Waals surface area (Å²) in [5, 5.41) is 27.2. The number of rotatable bonds is 2. The van der Waals surface area contributed by atoms with Gasteiger partial charge in [0, 0.05) is 6.04 Å². The van der Waals surface area contributed by atoms with E-state index in [0.29, 0.717) is 6.42 Å². The number of piperidine rings is 1. The number of hydrogen-bond donors (Lipinski definition) is 3. The quantitative estimate of drug-likeness (QED) is 0.614. The van der Waals surface area contributed by atoms with Gasteiger partial charge in [-0.05, 0) is 12.8 Å². The van der Waals surface area contributed by atoms with E-state index in [2.05, 4.69) is 0 Å². The molecule has 1 saturated heterocycles. The molecule has 0 aromatic carbocycles. The molecule has 15 heavy (non-hydrogen) atoms. The molecular weight excluding hydrogens is 202 g/mol. The molecule has 0 bridgehead atoms. The molecule has 0 aromatic heterocycles. The van der Waals surface area contributed by atoms with Gasteiger partial charge in [-0.1, -0.05) is 6.92 Å². The van der Waals surface area contributed by atoms with Gasteiger partial charge in [-0.25, -0.2) is 4.79 Å². The Kier molecular flexibility index (Phi) is 3.52. The Balaban J connectivity index is 2.77. The highest BCUT2D eigenvalue weighted by Gasteiger charge is 2.39. The van der Waals surface area contributed by atoms with E-state index < -0.39 is 24.1 Å². The monoisotopic (exact) mass is 217 g/mol. The van der Waals surface area contributed by atoms with Crippen LogP contribution in [0.2, 0.25) is 0 Å². The normalized spacial score (nSPS) is 31.3. The standard InChI is InChI=1S/C9H15NO5/c1-2-5-3-6(8(12)13)7(11)4-10(5)9(14)15/h5-7,11H,2-4H2,1H3,(H,12,13)(H,14,15)/t5-,6?,7?/m1/s1. The maximum atomic E-state index is 10.8. The number of aliphatic carboxylic acids is 1. The summed E-state index contributed by atoms with van der Waals surface area (Å²) in [5.41, 5.74) is 0. The van der Waals surface area contributed by atoms with Gasteiger partial charge < -0.3 is 20.2 Å². The van der Waals surface area contributed by atoms with Crippen LogP contribution in [-0.2, 0) is 4.79 Å². The smallest absolute Gasteiger partial charge is 0.407 e. The average molecular weight is 217 g/mol. The van der Waals surface area contributed by atoms with E-state index in [1.165, 1.54) is 0 Å². The molecule has 3 atom stereocenters. The van der Waals surface area contributed by atoms with Crippen LogP contribution in [0.3, 0.4) is 0 Å². The molecule has 0 spiro atoms. The molecule has 6 heteroatoms. The molecule has 0 aliphatic carbocycles. The first-order chi connectivity index (χ1) is 6.97. The van der Waals surface area contributed by atoms with Crippen LogP contribution in [0, 0.1) is 5.92 Å². The minimum Gasteiger partial charge on any atom is -0.481 e. The van der Waals surface area contributed by atoms with Crippen molar-refractivity contribution in [2.24, 2.45) is 5.92 Å². The lowest BCUT2D eigenvalue weighted by atomic mass is 9.88. The van der Waals surface area contributed by atoms with Crippen LogP contribution in [-0.4, -0.2) is 51.0 Å². The van der Waals surface area contributed by atoms with E-state index in [1.54, 1.807) is 6.92 Å². The molecule has 3 N–H and O–H groups in total. The molecule has 1 aliphatic heterocycles. The van der Waals surface area contributed by atoms with E-state index in [9.17, 15) is 14.7 Å². The van der Waals surface area contributed by atoms with Gasteiger partial charge in [0.25, 0.3) is 0 Å². The second-order valence-electron chi connectivity index (χ2n) is 3.74. The SMILES string of the molecule is CC[C@@H]1CC(C(=O)O)C(O)CN1C(=O)O. The number of hydrogen-bond acceptors (Lipinski definition) is 3. The summed E-state index contributed by atoms with van der Waals surface area (Å²) < 4.78 is 0. The maximum absolute atomic E-state index is 10.8. The Morgan fingerprint density at radius 2 is 2.00 bits per heavy atom. The molecule has 1 aliphatic rings. The van der Waals surface area contributed by atoms with Crippen molar-refractivity contribution in [3.05, 3.63) is 0 Å². The van der Waals surface area contributed by atoms with Crippen LogP contribution in [0.5, 0.6) is 0 Å². The fourth-order valence-electron chi connectivity index (χ4n) is 1.94. The fourth-order valence-corrected chi connectivity index (χ4v) is 1.94. The third kappa shape index (κ3) is 2.38. The second kappa shape index (κ2) is 4.48. The van der Waals surface area contributed by atoms with Gasteiger partial charge in [-0.2, -0.15) is 0 Å². The van der Waals surface area contributed by atoms with Crippen LogP contribution < -0.4 is 0 Å². The van der Waals surface area contributed by atoms with E-state index >= 15 is 0 Å². The molecule has 1 heterocycles. The predicted molar refractivity (Wildman–Crippen MR) is 50.6 cm³/mol. The molecule has 1 rings (SSSR count). The minimum atomic E-state index is -1.11. The van der Waals surface area contributed by atoms with E-state index in [4.69, 9.17) is 10.2 Å². The van der Waals surface area contributed by atoms with Gasteiger partial charge in [-0.3, -0.25) is 4.79 Å². The van der Waals surface area contributed by atoms with Crippen LogP contribution in [0.4, 0.5) is 4.79 Å². The van der Waals surface area contributed by atoms with Crippen molar-refractivity contribution in [1.82, 2.24) is 4.90 Å². The zero-order valence-corrected chi connectivity index (χ0v) is 8.46. The van der Waals surface area contributed by atoms with Crippen molar-refractivity contribution in [1.29, 1.82) is 0 Å².